The van der Waals surface area contributed by atoms with Gasteiger partial charge < -0.3 is 0 Å². The van der Waals surface area contributed by atoms with Crippen molar-refractivity contribution in [2.45, 2.75) is 47.5 Å². The minimum atomic E-state index is -0.126. The van der Waals surface area contributed by atoms with Gasteiger partial charge in [0.25, 0.3) is 11.8 Å². The lowest BCUT2D eigenvalue weighted by Gasteiger charge is -2.10. The Balaban J connectivity index is 0.000000581. The highest BCUT2D eigenvalue weighted by Gasteiger charge is 2.35. The summed E-state index contributed by atoms with van der Waals surface area (Å²) in [6, 6.07) is 0. The van der Waals surface area contributed by atoms with Crippen LogP contribution in [0.1, 0.15) is 47.5 Å². The maximum atomic E-state index is 11.6. The van der Waals surface area contributed by atoms with Gasteiger partial charge in [0, 0.05) is 17.7 Å². The standard InChI is InChI=1S/C10H11NO2.2C2H6/c1-2-11-9(12)7-5-3-4-6-8(7)10(11)13;2*1-2/h3,5H,2,4,6H2,1H3;2*1-2H3. The Morgan fingerprint density at radius 1 is 1.12 bits per heavy atom. The predicted molar refractivity (Wildman–Crippen MR) is 70.5 cm³/mol. The van der Waals surface area contributed by atoms with Gasteiger partial charge in [-0.15, -0.1) is 0 Å². The molecule has 17 heavy (non-hydrogen) atoms. The third-order valence-corrected chi connectivity index (χ3v) is 2.47. The summed E-state index contributed by atoms with van der Waals surface area (Å²) in [6.45, 7) is 10.3. The molecule has 2 aliphatic rings. The Morgan fingerprint density at radius 3 is 2.18 bits per heavy atom. The Bertz CT molecular complexity index is 340. The van der Waals surface area contributed by atoms with Gasteiger partial charge in [-0.05, 0) is 19.8 Å². The Kier molecular flexibility index (Phi) is 7.19. The number of allylic oxidation sites excluding steroid dienone is 1. The van der Waals surface area contributed by atoms with Crippen LogP contribution in [0, 0.1) is 0 Å². The van der Waals surface area contributed by atoms with E-state index in [1.165, 1.54) is 4.90 Å². The van der Waals surface area contributed by atoms with Crippen LogP contribution in [0.2, 0.25) is 0 Å². The van der Waals surface area contributed by atoms with Crippen molar-refractivity contribution in [2.75, 3.05) is 6.54 Å². The van der Waals surface area contributed by atoms with Crippen LogP contribution < -0.4 is 0 Å². The van der Waals surface area contributed by atoms with E-state index in [-0.39, 0.29) is 11.8 Å². The normalized spacial score (nSPS) is 17.1. The summed E-state index contributed by atoms with van der Waals surface area (Å²) < 4.78 is 0. The second kappa shape index (κ2) is 7.82. The summed E-state index contributed by atoms with van der Waals surface area (Å²) in [5, 5.41) is 0. The molecule has 0 N–H and O–H groups in total. The largest absolute Gasteiger partial charge is 0.275 e. The fourth-order valence-electron chi connectivity index (χ4n) is 1.77. The number of amides is 2. The molecule has 1 aliphatic heterocycles. The maximum Gasteiger partial charge on any atom is 0.261 e. The molecule has 3 heteroatoms. The highest BCUT2D eigenvalue weighted by molar-refractivity contribution is 6.20. The van der Waals surface area contributed by atoms with Crippen molar-refractivity contribution >= 4 is 11.8 Å². The summed E-state index contributed by atoms with van der Waals surface area (Å²) in [6.07, 6.45) is 5.31. The lowest BCUT2D eigenvalue weighted by molar-refractivity contribution is -0.137. The summed E-state index contributed by atoms with van der Waals surface area (Å²) >= 11 is 0. The fourth-order valence-corrected chi connectivity index (χ4v) is 1.77. The van der Waals surface area contributed by atoms with Gasteiger partial charge >= 0.3 is 0 Å². The number of rotatable bonds is 1. The van der Waals surface area contributed by atoms with Gasteiger partial charge in [-0.2, -0.15) is 0 Å². The first kappa shape index (κ1) is 15.6. The average molecular weight is 237 g/mol. The predicted octanol–water partition coefficient (Wildman–Crippen LogP) is 3.07. The van der Waals surface area contributed by atoms with Gasteiger partial charge in [0.05, 0.1) is 0 Å². The Morgan fingerprint density at radius 2 is 1.71 bits per heavy atom. The molecule has 2 amide bonds. The first-order chi connectivity index (χ1) is 8.25. The monoisotopic (exact) mass is 237 g/mol. The third-order valence-electron chi connectivity index (χ3n) is 2.47. The van der Waals surface area contributed by atoms with Gasteiger partial charge in [0.1, 0.15) is 0 Å². The van der Waals surface area contributed by atoms with Crippen molar-refractivity contribution in [3.8, 4) is 0 Å². The van der Waals surface area contributed by atoms with E-state index in [1.807, 2.05) is 40.7 Å². The molecule has 3 nitrogen and oxygen atoms in total. The summed E-state index contributed by atoms with van der Waals surface area (Å²) in [7, 11) is 0. The molecule has 0 unspecified atom stereocenters. The van der Waals surface area contributed by atoms with Crippen molar-refractivity contribution in [1.82, 2.24) is 4.90 Å². The molecule has 96 valence electrons. The number of carbonyl (C=O) groups is 2. The van der Waals surface area contributed by atoms with Gasteiger partial charge in [-0.25, -0.2) is 0 Å². The Hall–Kier alpha value is -1.38. The molecule has 0 aromatic heterocycles. The number of nitrogens with zero attached hydrogens (tertiary/aromatic N) is 1. The minimum absolute atomic E-state index is 0.0909. The van der Waals surface area contributed by atoms with Crippen molar-refractivity contribution in [2.24, 2.45) is 0 Å². The summed E-state index contributed by atoms with van der Waals surface area (Å²) in [5.41, 5.74) is 1.31. The lowest BCUT2D eigenvalue weighted by Crippen LogP contribution is -2.31. The average Bonchev–Trinajstić information content (AvgIpc) is 2.67. The fraction of sp³-hybridized carbons (Fsp3) is 0.571. The van der Waals surface area contributed by atoms with Gasteiger partial charge in [-0.1, -0.05) is 39.8 Å². The molecule has 0 atom stereocenters. The van der Waals surface area contributed by atoms with Gasteiger partial charge in [0.2, 0.25) is 0 Å². The molecule has 0 saturated heterocycles. The molecule has 1 aliphatic carbocycles. The number of likely N-dealkylation sites (N-methyl/N-ethyl adjacent to an activating group) is 1. The minimum Gasteiger partial charge on any atom is -0.275 e. The quantitative estimate of drug-likeness (QED) is 0.657. The molecule has 0 spiro atoms. The molecule has 0 aromatic rings. The van der Waals surface area contributed by atoms with E-state index in [1.54, 1.807) is 6.08 Å². The number of hydrogen-bond donors (Lipinski definition) is 0. The van der Waals surface area contributed by atoms with E-state index < -0.39 is 0 Å². The first-order valence-corrected chi connectivity index (χ1v) is 6.51. The van der Waals surface area contributed by atoms with Crippen LogP contribution in [-0.4, -0.2) is 23.3 Å². The molecule has 0 saturated carbocycles. The number of hydrogen-bond acceptors (Lipinski definition) is 2. The smallest absolute Gasteiger partial charge is 0.261 e. The van der Waals surface area contributed by atoms with E-state index in [0.717, 1.165) is 6.42 Å². The number of imide groups is 1. The maximum absolute atomic E-state index is 11.6. The lowest BCUT2D eigenvalue weighted by atomic mass is 10.00. The molecule has 2 rings (SSSR count). The molecule has 0 bridgehead atoms. The van der Waals surface area contributed by atoms with Crippen molar-refractivity contribution in [3.05, 3.63) is 23.3 Å². The highest BCUT2D eigenvalue weighted by atomic mass is 16.2. The van der Waals surface area contributed by atoms with Crippen molar-refractivity contribution < 1.29 is 9.59 Å². The molecular weight excluding hydrogens is 214 g/mol. The summed E-state index contributed by atoms with van der Waals surface area (Å²) in [4.78, 5) is 24.5. The molecule has 1 heterocycles. The molecule has 0 radical (unpaired) electrons. The van der Waals surface area contributed by atoms with Crippen LogP contribution in [0.5, 0.6) is 0 Å². The van der Waals surface area contributed by atoms with E-state index in [2.05, 4.69) is 0 Å². The van der Waals surface area contributed by atoms with Crippen LogP contribution in [-0.2, 0) is 9.59 Å². The van der Waals surface area contributed by atoms with E-state index >= 15 is 0 Å². The molecular formula is C14H23NO2. The first-order valence-electron chi connectivity index (χ1n) is 6.51. The Labute approximate surface area is 104 Å². The van der Waals surface area contributed by atoms with Crippen LogP contribution in [0.15, 0.2) is 23.3 Å². The highest BCUT2D eigenvalue weighted by Crippen LogP contribution is 2.28. The van der Waals surface area contributed by atoms with Crippen LogP contribution in [0.3, 0.4) is 0 Å². The third kappa shape index (κ3) is 3.05. The van der Waals surface area contributed by atoms with Crippen LogP contribution >= 0.6 is 0 Å². The summed E-state index contributed by atoms with van der Waals surface area (Å²) in [5.74, 6) is -0.217. The zero-order valence-electron chi connectivity index (χ0n) is 11.5. The zero-order valence-corrected chi connectivity index (χ0v) is 11.5. The van der Waals surface area contributed by atoms with Crippen molar-refractivity contribution in [1.29, 1.82) is 0 Å². The van der Waals surface area contributed by atoms with E-state index in [9.17, 15) is 9.59 Å². The second-order valence-corrected chi connectivity index (χ2v) is 3.19. The van der Waals surface area contributed by atoms with Crippen molar-refractivity contribution in [3.63, 3.8) is 0 Å². The van der Waals surface area contributed by atoms with Crippen LogP contribution in [0.25, 0.3) is 0 Å². The molecule has 0 fully saturated rings. The van der Waals surface area contributed by atoms with E-state index in [0.29, 0.717) is 24.1 Å². The van der Waals surface area contributed by atoms with Gasteiger partial charge in [-0.3, -0.25) is 14.5 Å². The zero-order chi connectivity index (χ0) is 13.4. The SMILES string of the molecule is CC.CC.CCN1C(=O)C2=C(CCC=C2)C1=O. The van der Waals surface area contributed by atoms with Gasteiger partial charge in [0.15, 0.2) is 0 Å². The molecule has 0 aromatic carbocycles. The van der Waals surface area contributed by atoms with Crippen LogP contribution in [0.4, 0.5) is 0 Å². The number of carbonyl (C=O) groups excluding carboxylic acids is 2. The van der Waals surface area contributed by atoms with E-state index in [4.69, 9.17) is 0 Å². The second-order valence-electron chi connectivity index (χ2n) is 3.19. The topological polar surface area (TPSA) is 37.4 Å².